The van der Waals surface area contributed by atoms with Crippen LogP contribution in [0.5, 0.6) is 5.75 Å². The quantitative estimate of drug-likeness (QED) is 0.581. The molecule has 0 aliphatic carbocycles. The lowest BCUT2D eigenvalue weighted by Crippen LogP contribution is -2.42. The molecule has 35 heavy (non-hydrogen) atoms. The summed E-state index contributed by atoms with van der Waals surface area (Å²) in [4.78, 5) is 44.6. The smallest absolute Gasteiger partial charge is 0.410 e. The third-order valence-corrected chi connectivity index (χ3v) is 5.62. The van der Waals surface area contributed by atoms with E-state index < -0.39 is 17.8 Å². The molecular formula is C25H25FN4O5. The van der Waals surface area contributed by atoms with E-state index in [0.717, 1.165) is 0 Å². The molecule has 0 saturated heterocycles. The van der Waals surface area contributed by atoms with Crippen LogP contribution in [0.2, 0.25) is 0 Å². The zero-order valence-corrected chi connectivity index (χ0v) is 19.4. The number of amides is 2. The number of hydrogen-bond acceptors (Lipinski definition) is 6. The van der Waals surface area contributed by atoms with Crippen LogP contribution < -0.4 is 15.6 Å². The van der Waals surface area contributed by atoms with Crippen molar-refractivity contribution in [2.24, 2.45) is 0 Å². The van der Waals surface area contributed by atoms with Gasteiger partial charge in [0.2, 0.25) is 5.91 Å². The number of carbonyl (C=O) groups is 2. The Morgan fingerprint density at radius 2 is 1.83 bits per heavy atom. The first-order chi connectivity index (χ1) is 16.9. The van der Waals surface area contributed by atoms with Crippen molar-refractivity contribution in [3.8, 4) is 17.1 Å². The van der Waals surface area contributed by atoms with E-state index in [0.29, 0.717) is 34.8 Å². The van der Waals surface area contributed by atoms with Gasteiger partial charge in [-0.25, -0.2) is 14.2 Å². The van der Waals surface area contributed by atoms with Gasteiger partial charge in [-0.2, -0.15) is 0 Å². The molecule has 2 heterocycles. The molecule has 1 N–H and O–H groups in total. The number of nitrogens with zero attached hydrogens (tertiary/aromatic N) is 3. The van der Waals surface area contributed by atoms with Crippen molar-refractivity contribution < 1.29 is 23.5 Å². The molecule has 2 amide bonds. The van der Waals surface area contributed by atoms with Gasteiger partial charge in [0.15, 0.2) is 0 Å². The van der Waals surface area contributed by atoms with Crippen molar-refractivity contribution in [2.75, 3.05) is 25.6 Å². The Morgan fingerprint density at radius 3 is 2.49 bits per heavy atom. The zero-order chi connectivity index (χ0) is 24.9. The number of ether oxygens (including phenoxy) is 2. The minimum Gasteiger partial charge on any atom is -0.497 e. The number of hydrogen-bond donors (Lipinski definition) is 1. The molecule has 4 rings (SSSR count). The van der Waals surface area contributed by atoms with Crippen molar-refractivity contribution in [3.05, 3.63) is 76.0 Å². The first kappa shape index (κ1) is 23.9. The summed E-state index contributed by atoms with van der Waals surface area (Å²) in [5, 5.41) is 2.76. The number of aromatic nitrogens is 2. The minimum absolute atomic E-state index is 0.108. The second-order valence-corrected chi connectivity index (χ2v) is 7.91. The van der Waals surface area contributed by atoms with Gasteiger partial charge >= 0.3 is 6.09 Å². The molecule has 0 atom stereocenters. The van der Waals surface area contributed by atoms with E-state index in [4.69, 9.17) is 9.47 Å². The van der Waals surface area contributed by atoms with Gasteiger partial charge in [0.25, 0.3) is 5.56 Å². The number of anilines is 1. The molecule has 0 bridgehead atoms. The predicted molar refractivity (Wildman–Crippen MR) is 127 cm³/mol. The van der Waals surface area contributed by atoms with E-state index in [1.807, 2.05) is 0 Å². The standard InChI is InChI=1S/C25H25FN4O5/c1-3-35-25(33)29-13-12-20-21(14-29)28-23(16-4-6-17(26)7-5-16)30(24(20)32)15-22(31)27-18-8-10-19(34-2)11-9-18/h4-11H,3,12-15H2,1-2H3,(H,27,31). The van der Waals surface area contributed by atoms with Gasteiger partial charge in [-0.3, -0.25) is 14.2 Å². The second-order valence-electron chi connectivity index (χ2n) is 7.91. The topological polar surface area (TPSA) is 103 Å². The summed E-state index contributed by atoms with van der Waals surface area (Å²) in [5.74, 6) is -0.00409. The molecule has 0 saturated carbocycles. The summed E-state index contributed by atoms with van der Waals surface area (Å²) in [5.41, 5.74) is 1.51. The fourth-order valence-corrected chi connectivity index (χ4v) is 3.88. The molecular weight excluding hydrogens is 455 g/mol. The summed E-state index contributed by atoms with van der Waals surface area (Å²) >= 11 is 0. The zero-order valence-electron chi connectivity index (χ0n) is 19.4. The van der Waals surface area contributed by atoms with Crippen LogP contribution in [0.15, 0.2) is 53.3 Å². The Kier molecular flexibility index (Phi) is 7.09. The third-order valence-electron chi connectivity index (χ3n) is 5.62. The lowest BCUT2D eigenvalue weighted by Gasteiger charge is -2.28. The number of rotatable bonds is 6. The summed E-state index contributed by atoms with van der Waals surface area (Å²) in [6.45, 7) is 2.07. The van der Waals surface area contributed by atoms with Crippen LogP contribution >= 0.6 is 0 Å². The molecule has 0 radical (unpaired) electrons. The molecule has 1 aliphatic rings. The van der Waals surface area contributed by atoms with E-state index in [9.17, 15) is 18.8 Å². The largest absolute Gasteiger partial charge is 0.497 e. The highest BCUT2D eigenvalue weighted by molar-refractivity contribution is 5.90. The van der Waals surface area contributed by atoms with Crippen LogP contribution in [0.1, 0.15) is 18.2 Å². The average molecular weight is 480 g/mol. The number of nitrogens with one attached hydrogen (secondary N) is 1. The molecule has 1 aromatic heterocycles. The van der Waals surface area contributed by atoms with Gasteiger partial charge in [0.1, 0.15) is 23.9 Å². The fourth-order valence-electron chi connectivity index (χ4n) is 3.88. The number of carbonyl (C=O) groups excluding carboxylic acids is 2. The van der Waals surface area contributed by atoms with Crippen molar-refractivity contribution in [1.82, 2.24) is 14.5 Å². The van der Waals surface area contributed by atoms with Crippen LogP contribution in [-0.4, -0.2) is 46.7 Å². The molecule has 9 nitrogen and oxygen atoms in total. The summed E-state index contributed by atoms with van der Waals surface area (Å²) in [6.07, 6.45) is -0.199. The molecule has 182 valence electrons. The fraction of sp³-hybridized carbons (Fsp3) is 0.280. The van der Waals surface area contributed by atoms with Crippen molar-refractivity contribution >= 4 is 17.7 Å². The summed E-state index contributed by atoms with van der Waals surface area (Å²) in [7, 11) is 1.55. The SMILES string of the molecule is CCOC(=O)N1CCc2c(nc(-c3ccc(F)cc3)n(CC(=O)Nc3ccc(OC)cc3)c2=O)C1. The molecule has 1 aliphatic heterocycles. The van der Waals surface area contributed by atoms with Gasteiger partial charge in [-0.1, -0.05) is 0 Å². The second kappa shape index (κ2) is 10.4. The molecule has 10 heteroatoms. The predicted octanol–water partition coefficient (Wildman–Crippen LogP) is 3.21. The Morgan fingerprint density at radius 1 is 1.11 bits per heavy atom. The van der Waals surface area contributed by atoms with Gasteiger partial charge in [-0.15, -0.1) is 0 Å². The highest BCUT2D eigenvalue weighted by atomic mass is 19.1. The van der Waals surface area contributed by atoms with Crippen molar-refractivity contribution in [3.63, 3.8) is 0 Å². The Hall–Kier alpha value is -4.21. The van der Waals surface area contributed by atoms with Crippen LogP contribution in [0.3, 0.4) is 0 Å². The molecule has 2 aromatic carbocycles. The number of benzene rings is 2. The van der Waals surface area contributed by atoms with Crippen LogP contribution in [-0.2, 0) is 29.0 Å². The molecule has 0 spiro atoms. The minimum atomic E-state index is -0.480. The van der Waals surface area contributed by atoms with Crippen LogP contribution in [0, 0.1) is 5.82 Å². The number of fused-ring (bicyclic) bond motifs is 1. The molecule has 3 aromatic rings. The van der Waals surface area contributed by atoms with Crippen LogP contribution in [0.4, 0.5) is 14.9 Å². The highest BCUT2D eigenvalue weighted by Gasteiger charge is 2.27. The first-order valence-corrected chi connectivity index (χ1v) is 11.1. The maximum atomic E-state index is 13.6. The number of halogens is 1. The normalized spacial score (nSPS) is 12.6. The molecule has 0 fully saturated rings. The Balaban J connectivity index is 1.68. The van der Waals surface area contributed by atoms with E-state index in [-0.39, 0.29) is 37.5 Å². The third kappa shape index (κ3) is 5.32. The van der Waals surface area contributed by atoms with E-state index in [1.54, 1.807) is 38.3 Å². The number of methoxy groups -OCH3 is 1. The van der Waals surface area contributed by atoms with E-state index >= 15 is 0 Å². The van der Waals surface area contributed by atoms with Gasteiger partial charge in [-0.05, 0) is 61.9 Å². The van der Waals surface area contributed by atoms with Crippen LogP contribution in [0.25, 0.3) is 11.4 Å². The van der Waals surface area contributed by atoms with E-state index in [1.165, 1.54) is 33.7 Å². The monoisotopic (exact) mass is 480 g/mol. The highest BCUT2D eigenvalue weighted by Crippen LogP contribution is 2.22. The van der Waals surface area contributed by atoms with Gasteiger partial charge in [0.05, 0.1) is 26.0 Å². The van der Waals surface area contributed by atoms with Crippen molar-refractivity contribution in [2.45, 2.75) is 26.4 Å². The lowest BCUT2D eigenvalue weighted by molar-refractivity contribution is -0.116. The van der Waals surface area contributed by atoms with E-state index in [2.05, 4.69) is 10.3 Å². The van der Waals surface area contributed by atoms with Gasteiger partial charge in [0, 0.05) is 23.4 Å². The van der Waals surface area contributed by atoms with Gasteiger partial charge < -0.3 is 19.7 Å². The average Bonchev–Trinajstić information content (AvgIpc) is 2.86. The lowest BCUT2D eigenvalue weighted by atomic mass is 10.1. The summed E-state index contributed by atoms with van der Waals surface area (Å²) < 4.78 is 25.0. The molecule has 0 unspecified atom stereocenters. The summed E-state index contributed by atoms with van der Waals surface area (Å²) in [6, 6.07) is 12.3. The van der Waals surface area contributed by atoms with Crippen molar-refractivity contribution in [1.29, 1.82) is 0 Å². The Bertz CT molecular complexity index is 1290. The Labute approximate surface area is 201 Å². The maximum absolute atomic E-state index is 13.6. The maximum Gasteiger partial charge on any atom is 0.410 e. The first-order valence-electron chi connectivity index (χ1n) is 11.1.